The first-order chi connectivity index (χ1) is 10.1. The summed E-state index contributed by atoms with van der Waals surface area (Å²) in [6, 6.07) is 7.62. The Morgan fingerprint density at radius 2 is 2.38 bits per heavy atom. The van der Waals surface area contributed by atoms with Crippen LogP contribution in [0.4, 0.5) is 0 Å². The molecular weight excluding hydrogens is 308 g/mol. The van der Waals surface area contributed by atoms with Crippen molar-refractivity contribution in [1.82, 2.24) is 10.6 Å². The van der Waals surface area contributed by atoms with E-state index in [-0.39, 0.29) is 18.1 Å². The first-order valence-corrected chi connectivity index (χ1v) is 8.67. The van der Waals surface area contributed by atoms with Gasteiger partial charge in [-0.1, -0.05) is 23.7 Å². The van der Waals surface area contributed by atoms with Crippen molar-refractivity contribution in [1.29, 1.82) is 0 Å². The molecule has 4 nitrogen and oxygen atoms in total. The van der Waals surface area contributed by atoms with Crippen molar-refractivity contribution in [2.45, 2.75) is 25.5 Å². The van der Waals surface area contributed by atoms with Crippen LogP contribution in [-0.2, 0) is 4.79 Å². The highest BCUT2D eigenvalue weighted by atomic mass is 35.5. The average molecular weight is 329 g/mol. The Morgan fingerprint density at radius 1 is 1.57 bits per heavy atom. The van der Waals surface area contributed by atoms with Crippen LogP contribution in [0.3, 0.4) is 0 Å². The van der Waals surface area contributed by atoms with Gasteiger partial charge in [0, 0.05) is 30.5 Å². The molecule has 0 spiro atoms. The minimum Gasteiger partial charge on any atom is -0.487 e. The summed E-state index contributed by atoms with van der Waals surface area (Å²) in [5.74, 6) is 2.83. The number of para-hydroxylation sites is 1. The van der Waals surface area contributed by atoms with Gasteiger partial charge < -0.3 is 15.4 Å². The molecule has 1 aromatic carbocycles. The zero-order valence-corrected chi connectivity index (χ0v) is 13.7. The summed E-state index contributed by atoms with van der Waals surface area (Å²) in [6.45, 7) is 3.37. The normalized spacial score (nSPS) is 19.8. The lowest BCUT2D eigenvalue weighted by Gasteiger charge is -2.23. The quantitative estimate of drug-likeness (QED) is 0.841. The minimum atomic E-state index is -0.123. The Hall–Kier alpha value is -0.910. The zero-order chi connectivity index (χ0) is 15.1. The minimum absolute atomic E-state index is 0.0598. The van der Waals surface area contributed by atoms with Gasteiger partial charge in [-0.15, -0.1) is 0 Å². The topological polar surface area (TPSA) is 50.4 Å². The maximum atomic E-state index is 11.9. The standard InChI is InChI=1S/C15H21ClN2O2S/c1-11(20-14-5-3-2-4-13(14)16)9-18-15(19)8-12-10-21-7-6-17-12/h2-5,11-12,17H,6-10H2,1H3,(H,18,19). The molecular formula is C15H21ClN2O2S. The molecule has 0 aliphatic carbocycles. The molecule has 116 valence electrons. The van der Waals surface area contributed by atoms with Crippen molar-refractivity contribution in [2.24, 2.45) is 0 Å². The molecule has 1 amide bonds. The second kappa shape index (κ2) is 8.51. The lowest BCUT2D eigenvalue weighted by Crippen LogP contribution is -2.42. The molecule has 0 saturated carbocycles. The number of hydrogen-bond acceptors (Lipinski definition) is 4. The molecule has 2 atom stereocenters. The lowest BCUT2D eigenvalue weighted by molar-refractivity contribution is -0.121. The number of carbonyl (C=O) groups excluding carboxylic acids is 1. The number of ether oxygens (including phenoxy) is 1. The monoisotopic (exact) mass is 328 g/mol. The predicted octanol–water partition coefficient (Wildman–Crippen LogP) is 2.32. The Morgan fingerprint density at radius 3 is 3.10 bits per heavy atom. The van der Waals surface area contributed by atoms with Gasteiger partial charge in [-0.2, -0.15) is 11.8 Å². The number of thioether (sulfide) groups is 1. The lowest BCUT2D eigenvalue weighted by atomic mass is 10.2. The maximum absolute atomic E-state index is 11.9. The summed E-state index contributed by atoms with van der Waals surface area (Å²) in [5, 5.41) is 6.85. The fourth-order valence-corrected chi connectivity index (χ4v) is 3.23. The summed E-state index contributed by atoms with van der Waals surface area (Å²) in [7, 11) is 0. The molecule has 1 saturated heterocycles. The van der Waals surface area contributed by atoms with Gasteiger partial charge >= 0.3 is 0 Å². The van der Waals surface area contributed by atoms with Crippen molar-refractivity contribution in [3.05, 3.63) is 29.3 Å². The summed E-state index contributed by atoms with van der Waals surface area (Å²) in [6.07, 6.45) is 0.397. The zero-order valence-electron chi connectivity index (χ0n) is 12.1. The van der Waals surface area contributed by atoms with E-state index in [1.807, 2.05) is 36.9 Å². The van der Waals surface area contributed by atoms with E-state index in [9.17, 15) is 4.79 Å². The number of benzene rings is 1. The maximum Gasteiger partial charge on any atom is 0.221 e. The van der Waals surface area contributed by atoms with Gasteiger partial charge in [-0.3, -0.25) is 4.79 Å². The smallest absolute Gasteiger partial charge is 0.221 e. The number of amides is 1. The van der Waals surface area contributed by atoms with Crippen LogP contribution in [0.5, 0.6) is 5.75 Å². The Kier molecular flexibility index (Phi) is 6.67. The number of rotatable bonds is 6. The molecule has 1 aliphatic heterocycles. The van der Waals surface area contributed by atoms with Crippen molar-refractivity contribution in [3.8, 4) is 5.75 Å². The molecule has 1 aliphatic rings. The fraction of sp³-hybridized carbons (Fsp3) is 0.533. The summed E-state index contributed by atoms with van der Waals surface area (Å²) < 4.78 is 5.72. The molecule has 2 unspecified atom stereocenters. The van der Waals surface area contributed by atoms with Crippen LogP contribution in [0.25, 0.3) is 0 Å². The van der Waals surface area contributed by atoms with Crippen molar-refractivity contribution in [3.63, 3.8) is 0 Å². The van der Waals surface area contributed by atoms with Crippen molar-refractivity contribution in [2.75, 3.05) is 24.6 Å². The average Bonchev–Trinajstić information content (AvgIpc) is 2.49. The van der Waals surface area contributed by atoms with Gasteiger partial charge in [-0.05, 0) is 19.1 Å². The number of halogens is 1. The van der Waals surface area contributed by atoms with Gasteiger partial charge in [0.25, 0.3) is 0 Å². The summed E-state index contributed by atoms with van der Waals surface area (Å²) >= 11 is 7.93. The third-order valence-corrected chi connectivity index (χ3v) is 4.62. The number of hydrogen-bond donors (Lipinski definition) is 2. The number of carbonyl (C=O) groups is 1. The molecule has 1 aromatic rings. The van der Waals surface area contributed by atoms with Crippen molar-refractivity contribution < 1.29 is 9.53 Å². The largest absolute Gasteiger partial charge is 0.487 e. The molecule has 2 rings (SSSR count). The summed E-state index contributed by atoms with van der Waals surface area (Å²) in [4.78, 5) is 11.9. The van der Waals surface area contributed by atoms with E-state index >= 15 is 0 Å². The predicted molar refractivity (Wildman–Crippen MR) is 88.3 cm³/mol. The Balaban J connectivity index is 1.69. The van der Waals surface area contributed by atoms with E-state index in [0.717, 1.165) is 18.1 Å². The Labute approximate surface area is 135 Å². The summed E-state index contributed by atoms with van der Waals surface area (Å²) in [5.41, 5.74) is 0. The molecule has 2 N–H and O–H groups in total. The highest BCUT2D eigenvalue weighted by molar-refractivity contribution is 7.99. The van der Waals surface area contributed by atoms with Crippen LogP contribution in [0.15, 0.2) is 24.3 Å². The van der Waals surface area contributed by atoms with Gasteiger partial charge in [-0.25, -0.2) is 0 Å². The van der Waals surface area contributed by atoms with Gasteiger partial charge in [0.05, 0.1) is 11.6 Å². The van der Waals surface area contributed by atoms with Crippen LogP contribution < -0.4 is 15.4 Å². The molecule has 6 heteroatoms. The second-order valence-corrected chi connectivity index (χ2v) is 6.65. The van der Waals surface area contributed by atoms with Crippen molar-refractivity contribution >= 4 is 29.3 Å². The van der Waals surface area contributed by atoms with Gasteiger partial charge in [0.15, 0.2) is 0 Å². The molecule has 0 aromatic heterocycles. The fourth-order valence-electron chi connectivity index (χ4n) is 2.10. The first kappa shape index (κ1) is 16.5. The SMILES string of the molecule is CC(CNC(=O)CC1CSCCN1)Oc1ccccc1Cl. The van der Waals surface area contributed by atoms with Gasteiger partial charge in [0.2, 0.25) is 5.91 Å². The van der Waals surface area contributed by atoms with Gasteiger partial charge in [0.1, 0.15) is 11.9 Å². The molecule has 0 bridgehead atoms. The highest BCUT2D eigenvalue weighted by Gasteiger charge is 2.17. The highest BCUT2D eigenvalue weighted by Crippen LogP contribution is 2.24. The number of nitrogens with one attached hydrogen (secondary N) is 2. The molecule has 1 fully saturated rings. The molecule has 0 radical (unpaired) electrons. The second-order valence-electron chi connectivity index (χ2n) is 5.09. The van der Waals surface area contributed by atoms with Crippen LogP contribution in [0.1, 0.15) is 13.3 Å². The van der Waals surface area contributed by atoms with Crippen LogP contribution in [-0.4, -0.2) is 42.6 Å². The third-order valence-electron chi connectivity index (χ3n) is 3.18. The molecule has 21 heavy (non-hydrogen) atoms. The third kappa shape index (κ3) is 5.77. The van der Waals surface area contributed by atoms with E-state index in [1.165, 1.54) is 0 Å². The first-order valence-electron chi connectivity index (χ1n) is 7.14. The van der Waals surface area contributed by atoms with E-state index in [0.29, 0.717) is 23.7 Å². The Bertz CT molecular complexity index is 467. The van der Waals surface area contributed by atoms with Crippen LogP contribution in [0, 0.1) is 0 Å². The van der Waals surface area contributed by atoms with E-state index < -0.39 is 0 Å². The van der Waals surface area contributed by atoms with Crippen LogP contribution in [0.2, 0.25) is 5.02 Å². The van der Waals surface area contributed by atoms with Crippen LogP contribution >= 0.6 is 23.4 Å². The molecule has 1 heterocycles. The van der Waals surface area contributed by atoms with E-state index in [4.69, 9.17) is 16.3 Å². The van der Waals surface area contributed by atoms with E-state index in [2.05, 4.69) is 10.6 Å². The van der Waals surface area contributed by atoms with E-state index in [1.54, 1.807) is 6.07 Å².